The number of rotatable bonds is 4. The maximum absolute atomic E-state index is 5.22. The van der Waals surface area contributed by atoms with E-state index < -0.39 is 0 Å². The van der Waals surface area contributed by atoms with Crippen molar-refractivity contribution in [1.82, 2.24) is 14.5 Å². The van der Waals surface area contributed by atoms with E-state index in [1.54, 1.807) is 13.3 Å². The Balaban J connectivity index is 2.26. The highest BCUT2D eigenvalue weighted by atomic mass is 16.5. The monoisotopic (exact) mass is 217 g/mol. The highest BCUT2D eigenvalue weighted by Crippen LogP contribution is 2.15. The summed E-state index contributed by atoms with van der Waals surface area (Å²) in [5, 5.41) is 0. The lowest BCUT2D eigenvalue weighted by Gasteiger charge is -2.09. The van der Waals surface area contributed by atoms with Crippen LogP contribution >= 0.6 is 0 Å². The van der Waals surface area contributed by atoms with Crippen LogP contribution in [0, 0.1) is 0 Å². The van der Waals surface area contributed by atoms with Crippen LogP contribution in [0.2, 0.25) is 0 Å². The van der Waals surface area contributed by atoms with Gasteiger partial charge in [-0.25, -0.2) is 9.97 Å². The second kappa shape index (κ2) is 4.79. The van der Waals surface area contributed by atoms with E-state index in [0.717, 1.165) is 24.4 Å². The molecule has 0 bridgehead atoms. The van der Waals surface area contributed by atoms with Gasteiger partial charge in [-0.3, -0.25) is 0 Å². The molecule has 0 spiro atoms. The molecule has 0 aliphatic heterocycles. The fraction of sp³-hybridized carbons (Fsp3) is 0.333. The molecule has 0 radical (unpaired) electrons. The molecule has 16 heavy (non-hydrogen) atoms. The van der Waals surface area contributed by atoms with Crippen molar-refractivity contribution in [3.63, 3.8) is 0 Å². The predicted molar refractivity (Wildman–Crippen MR) is 61.5 cm³/mol. The molecule has 4 heteroatoms. The zero-order valence-electron chi connectivity index (χ0n) is 9.55. The zero-order valence-corrected chi connectivity index (χ0v) is 9.55. The summed E-state index contributed by atoms with van der Waals surface area (Å²) in [7, 11) is 1.64. The molecule has 0 aliphatic carbocycles. The first-order chi connectivity index (χ1) is 7.85. The average molecular weight is 217 g/mol. The molecule has 0 saturated heterocycles. The SMILES string of the molecule is CCc1nccn1Cc1cccnc1OC. The minimum atomic E-state index is 0.679. The molecule has 2 rings (SSSR count). The van der Waals surface area contributed by atoms with E-state index in [0.29, 0.717) is 5.88 Å². The quantitative estimate of drug-likeness (QED) is 0.785. The van der Waals surface area contributed by atoms with E-state index in [1.165, 1.54) is 0 Å². The Morgan fingerprint density at radius 3 is 2.94 bits per heavy atom. The van der Waals surface area contributed by atoms with Gasteiger partial charge in [0.25, 0.3) is 0 Å². The van der Waals surface area contributed by atoms with Crippen LogP contribution < -0.4 is 4.74 Å². The Bertz CT molecular complexity index is 465. The Hall–Kier alpha value is -1.84. The van der Waals surface area contributed by atoms with Crippen LogP contribution in [0.3, 0.4) is 0 Å². The molecule has 0 unspecified atom stereocenters. The van der Waals surface area contributed by atoms with E-state index in [2.05, 4.69) is 21.5 Å². The number of nitrogens with zero attached hydrogens (tertiary/aromatic N) is 3. The maximum Gasteiger partial charge on any atom is 0.218 e. The average Bonchev–Trinajstić information content (AvgIpc) is 2.77. The number of pyridine rings is 1. The van der Waals surface area contributed by atoms with Crippen molar-refractivity contribution in [3.05, 3.63) is 42.1 Å². The molecule has 0 N–H and O–H groups in total. The Labute approximate surface area is 94.9 Å². The number of imidazole rings is 1. The molecule has 0 amide bonds. The fourth-order valence-corrected chi connectivity index (χ4v) is 1.71. The first-order valence-corrected chi connectivity index (χ1v) is 5.33. The van der Waals surface area contributed by atoms with Crippen LogP contribution in [0.25, 0.3) is 0 Å². The van der Waals surface area contributed by atoms with Crippen LogP contribution in [-0.2, 0) is 13.0 Å². The fourth-order valence-electron chi connectivity index (χ4n) is 1.71. The van der Waals surface area contributed by atoms with Crippen LogP contribution in [0.1, 0.15) is 18.3 Å². The summed E-state index contributed by atoms with van der Waals surface area (Å²) >= 11 is 0. The third kappa shape index (κ3) is 2.05. The van der Waals surface area contributed by atoms with Gasteiger partial charge in [0, 0.05) is 30.6 Å². The number of hydrogen-bond acceptors (Lipinski definition) is 3. The molecular formula is C12H15N3O. The molecule has 0 saturated carbocycles. The third-order valence-corrected chi connectivity index (χ3v) is 2.50. The predicted octanol–water partition coefficient (Wildman–Crippen LogP) is 1.90. The second-order valence-corrected chi connectivity index (χ2v) is 3.50. The summed E-state index contributed by atoms with van der Waals surface area (Å²) in [5.74, 6) is 1.75. The summed E-state index contributed by atoms with van der Waals surface area (Å²) in [4.78, 5) is 8.47. The first kappa shape index (κ1) is 10.7. The third-order valence-electron chi connectivity index (χ3n) is 2.50. The van der Waals surface area contributed by atoms with Gasteiger partial charge in [-0.1, -0.05) is 13.0 Å². The van der Waals surface area contributed by atoms with Crippen molar-refractivity contribution < 1.29 is 4.74 Å². The molecule has 2 heterocycles. The lowest BCUT2D eigenvalue weighted by atomic mass is 10.2. The van der Waals surface area contributed by atoms with Crippen LogP contribution in [-0.4, -0.2) is 21.6 Å². The van der Waals surface area contributed by atoms with Crippen LogP contribution in [0.4, 0.5) is 0 Å². The summed E-state index contributed by atoms with van der Waals surface area (Å²) in [5.41, 5.74) is 1.07. The summed E-state index contributed by atoms with van der Waals surface area (Å²) in [6, 6.07) is 3.94. The van der Waals surface area contributed by atoms with Crippen molar-refractivity contribution in [3.8, 4) is 5.88 Å². The van der Waals surface area contributed by atoms with E-state index in [9.17, 15) is 0 Å². The molecule has 0 atom stereocenters. The smallest absolute Gasteiger partial charge is 0.218 e. The first-order valence-electron chi connectivity index (χ1n) is 5.33. The largest absolute Gasteiger partial charge is 0.481 e. The number of methoxy groups -OCH3 is 1. The van der Waals surface area contributed by atoms with Gasteiger partial charge in [-0.05, 0) is 6.07 Å². The van der Waals surface area contributed by atoms with Gasteiger partial charge in [0.2, 0.25) is 5.88 Å². The molecule has 2 aromatic rings. The van der Waals surface area contributed by atoms with Crippen molar-refractivity contribution in [2.75, 3.05) is 7.11 Å². The molecule has 0 aromatic carbocycles. The topological polar surface area (TPSA) is 39.9 Å². The van der Waals surface area contributed by atoms with Gasteiger partial charge in [-0.15, -0.1) is 0 Å². The van der Waals surface area contributed by atoms with Crippen molar-refractivity contribution in [1.29, 1.82) is 0 Å². The van der Waals surface area contributed by atoms with Gasteiger partial charge in [0.15, 0.2) is 0 Å². The van der Waals surface area contributed by atoms with Gasteiger partial charge >= 0.3 is 0 Å². The molecule has 0 aliphatic rings. The highest BCUT2D eigenvalue weighted by molar-refractivity contribution is 5.25. The molecule has 84 valence electrons. The number of aromatic nitrogens is 3. The lowest BCUT2D eigenvalue weighted by molar-refractivity contribution is 0.391. The Kier molecular flexibility index (Phi) is 3.19. The normalized spacial score (nSPS) is 10.4. The summed E-state index contributed by atoms with van der Waals surface area (Å²) in [6.45, 7) is 2.85. The number of ether oxygens (including phenoxy) is 1. The summed E-state index contributed by atoms with van der Waals surface area (Å²) < 4.78 is 7.33. The second-order valence-electron chi connectivity index (χ2n) is 3.50. The van der Waals surface area contributed by atoms with Crippen LogP contribution in [0.5, 0.6) is 5.88 Å². The van der Waals surface area contributed by atoms with E-state index in [-0.39, 0.29) is 0 Å². The van der Waals surface area contributed by atoms with E-state index in [1.807, 2.05) is 24.5 Å². The molecule has 0 fully saturated rings. The Morgan fingerprint density at radius 2 is 2.19 bits per heavy atom. The van der Waals surface area contributed by atoms with Crippen molar-refractivity contribution in [2.45, 2.75) is 19.9 Å². The summed E-state index contributed by atoms with van der Waals surface area (Å²) in [6.07, 6.45) is 6.46. The van der Waals surface area contributed by atoms with Crippen LogP contribution in [0.15, 0.2) is 30.7 Å². The molecule has 2 aromatic heterocycles. The number of aryl methyl sites for hydroxylation is 1. The Morgan fingerprint density at radius 1 is 1.31 bits per heavy atom. The van der Waals surface area contributed by atoms with Gasteiger partial charge in [0.1, 0.15) is 5.82 Å². The maximum atomic E-state index is 5.22. The standard InChI is InChI=1S/C12H15N3O/c1-3-11-13-7-8-15(11)9-10-5-4-6-14-12(10)16-2/h4-8H,3,9H2,1-2H3. The molecule has 4 nitrogen and oxygen atoms in total. The minimum Gasteiger partial charge on any atom is -0.481 e. The van der Waals surface area contributed by atoms with E-state index in [4.69, 9.17) is 4.74 Å². The highest BCUT2D eigenvalue weighted by Gasteiger charge is 2.06. The molecular weight excluding hydrogens is 202 g/mol. The minimum absolute atomic E-state index is 0.679. The van der Waals surface area contributed by atoms with Gasteiger partial charge in [0.05, 0.1) is 13.7 Å². The lowest BCUT2D eigenvalue weighted by Crippen LogP contribution is -2.05. The van der Waals surface area contributed by atoms with E-state index >= 15 is 0 Å². The van der Waals surface area contributed by atoms with Crippen molar-refractivity contribution in [2.24, 2.45) is 0 Å². The zero-order chi connectivity index (χ0) is 11.4. The van der Waals surface area contributed by atoms with Gasteiger partial charge in [-0.2, -0.15) is 0 Å². The number of hydrogen-bond donors (Lipinski definition) is 0. The van der Waals surface area contributed by atoms with Crippen molar-refractivity contribution >= 4 is 0 Å². The van der Waals surface area contributed by atoms with Gasteiger partial charge < -0.3 is 9.30 Å².